The highest BCUT2D eigenvalue weighted by atomic mass is 16.5. The molecule has 1 N–H and O–H groups in total. The molecular weight excluding hydrogens is 260 g/mol. The van der Waals surface area contributed by atoms with Crippen LogP contribution in [0.2, 0.25) is 0 Å². The van der Waals surface area contributed by atoms with Crippen molar-refractivity contribution in [3.05, 3.63) is 23.4 Å². The van der Waals surface area contributed by atoms with Crippen molar-refractivity contribution in [3.8, 4) is 5.88 Å². The van der Waals surface area contributed by atoms with E-state index in [0.29, 0.717) is 5.92 Å². The number of hydrogen-bond donors (Lipinski definition) is 1. The molecule has 0 amide bonds. The summed E-state index contributed by atoms with van der Waals surface area (Å²) in [6.45, 7) is 8.33. The molecule has 1 aromatic heterocycles. The van der Waals surface area contributed by atoms with Gasteiger partial charge in [-0.2, -0.15) is 0 Å². The highest BCUT2D eigenvalue weighted by Gasteiger charge is 2.09. The van der Waals surface area contributed by atoms with E-state index in [-0.39, 0.29) is 0 Å². The maximum Gasteiger partial charge on any atom is 0.213 e. The summed E-state index contributed by atoms with van der Waals surface area (Å²) in [4.78, 5) is 4.64. The number of aromatic nitrogens is 1. The molecule has 120 valence electrons. The van der Waals surface area contributed by atoms with Crippen LogP contribution in [0.25, 0.3) is 0 Å². The number of unbranched alkanes of at least 4 members (excludes halogenated alkanes) is 1. The van der Waals surface area contributed by atoms with Crippen LogP contribution in [0.5, 0.6) is 5.88 Å². The van der Waals surface area contributed by atoms with Gasteiger partial charge < -0.3 is 10.1 Å². The fourth-order valence-corrected chi connectivity index (χ4v) is 2.49. The zero-order valence-corrected chi connectivity index (χ0v) is 14.2. The monoisotopic (exact) mass is 292 g/mol. The molecule has 0 saturated carbocycles. The molecule has 1 heterocycles. The maximum atomic E-state index is 5.99. The average Bonchev–Trinajstić information content (AvgIpc) is 2.48. The van der Waals surface area contributed by atoms with E-state index in [0.717, 1.165) is 37.6 Å². The lowest BCUT2D eigenvalue weighted by molar-refractivity contribution is 0.225. The molecule has 0 aliphatic heterocycles. The van der Waals surface area contributed by atoms with Crippen LogP contribution in [0.3, 0.4) is 0 Å². The van der Waals surface area contributed by atoms with Crippen LogP contribution >= 0.6 is 0 Å². The molecule has 3 nitrogen and oxygen atoms in total. The molecule has 1 rings (SSSR count). The van der Waals surface area contributed by atoms with Crippen LogP contribution in [0, 0.1) is 5.92 Å². The summed E-state index contributed by atoms with van der Waals surface area (Å²) in [5, 5.41) is 3.20. The van der Waals surface area contributed by atoms with Gasteiger partial charge in [0, 0.05) is 18.3 Å². The Kier molecular flexibility index (Phi) is 9.07. The third kappa shape index (κ3) is 6.94. The molecule has 0 radical (unpaired) electrons. The predicted molar refractivity (Wildman–Crippen MR) is 89.8 cm³/mol. The number of ether oxygens (including phenoxy) is 1. The van der Waals surface area contributed by atoms with Gasteiger partial charge in [0.1, 0.15) is 0 Å². The Morgan fingerprint density at radius 2 is 2.00 bits per heavy atom. The number of pyridine rings is 1. The Balaban J connectivity index is 2.66. The minimum atomic E-state index is 0.648. The van der Waals surface area contributed by atoms with E-state index >= 15 is 0 Å². The first-order valence-electron chi connectivity index (χ1n) is 8.50. The first-order valence-corrected chi connectivity index (χ1v) is 8.50. The van der Waals surface area contributed by atoms with Crippen molar-refractivity contribution in [1.29, 1.82) is 0 Å². The van der Waals surface area contributed by atoms with Crippen LogP contribution in [-0.4, -0.2) is 18.6 Å². The fourth-order valence-electron chi connectivity index (χ4n) is 2.49. The Labute approximate surface area is 130 Å². The second-order valence-corrected chi connectivity index (χ2v) is 5.81. The summed E-state index contributed by atoms with van der Waals surface area (Å²) >= 11 is 0. The quantitative estimate of drug-likeness (QED) is 0.658. The van der Waals surface area contributed by atoms with Crippen molar-refractivity contribution < 1.29 is 4.74 Å². The molecule has 0 spiro atoms. The topological polar surface area (TPSA) is 34.1 Å². The summed E-state index contributed by atoms with van der Waals surface area (Å²) in [6, 6.07) is 4.25. The van der Waals surface area contributed by atoms with Crippen molar-refractivity contribution in [2.24, 2.45) is 5.92 Å². The lowest BCUT2D eigenvalue weighted by Crippen LogP contribution is -2.13. The third-order valence-electron chi connectivity index (χ3n) is 3.81. The van der Waals surface area contributed by atoms with Crippen molar-refractivity contribution in [2.45, 2.75) is 65.8 Å². The summed E-state index contributed by atoms with van der Waals surface area (Å²) < 4.78 is 5.99. The smallest absolute Gasteiger partial charge is 0.213 e. The van der Waals surface area contributed by atoms with Gasteiger partial charge in [-0.3, -0.25) is 0 Å². The van der Waals surface area contributed by atoms with Gasteiger partial charge in [0.15, 0.2) is 0 Å². The summed E-state index contributed by atoms with van der Waals surface area (Å²) in [7, 11) is 1.97. The Hall–Kier alpha value is -1.09. The minimum absolute atomic E-state index is 0.648. The van der Waals surface area contributed by atoms with E-state index < -0.39 is 0 Å². The highest BCUT2D eigenvalue weighted by Crippen LogP contribution is 2.18. The molecule has 0 bridgehead atoms. The second-order valence-electron chi connectivity index (χ2n) is 5.81. The molecular formula is C18H32N2O. The van der Waals surface area contributed by atoms with E-state index in [2.05, 4.69) is 43.2 Å². The number of nitrogens with zero attached hydrogens (tertiary/aromatic N) is 1. The van der Waals surface area contributed by atoms with Crippen molar-refractivity contribution in [1.82, 2.24) is 10.3 Å². The van der Waals surface area contributed by atoms with E-state index in [1.165, 1.54) is 31.2 Å². The van der Waals surface area contributed by atoms with Gasteiger partial charge in [0.2, 0.25) is 5.88 Å². The summed E-state index contributed by atoms with van der Waals surface area (Å²) in [5.74, 6) is 1.44. The molecule has 1 unspecified atom stereocenters. The summed E-state index contributed by atoms with van der Waals surface area (Å²) in [5.41, 5.74) is 2.40. The average molecular weight is 292 g/mol. The van der Waals surface area contributed by atoms with Gasteiger partial charge in [0.25, 0.3) is 0 Å². The Bertz CT molecular complexity index is 369. The molecule has 3 heteroatoms. The summed E-state index contributed by atoms with van der Waals surface area (Å²) in [6.07, 6.45) is 7.11. The Morgan fingerprint density at radius 3 is 2.62 bits per heavy atom. The molecule has 0 fully saturated rings. The highest BCUT2D eigenvalue weighted by molar-refractivity contribution is 5.25. The molecule has 0 aliphatic carbocycles. The van der Waals surface area contributed by atoms with E-state index in [1.807, 2.05) is 7.05 Å². The maximum absolute atomic E-state index is 5.99. The molecule has 0 saturated heterocycles. The van der Waals surface area contributed by atoms with Gasteiger partial charge in [-0.25, -0.2) is 4.98 Å². The lowest BCUT2D eigenvalue weighted by atomic mass is 10.0. The van der Waals surface area contributed by atoms with Gasteiger partial charge >= 0.3 is 0 Å². The third-order valence-corrected chi connectivity index (χ3v) is 3.81. The SMILES string of the molecule is CCCCC(CC)COc1cc(CNC)cc(CCC)n1. The zero-order chi connectivity index (χ0) is 15.5. The molecule has 1 atom stereocenters. The molecule has 21 heavy (non-hydrogen) atoms. The van der Waals surface area contributed by atoms with Crippen LogP contribution in [0.1, 0.15) is 64.1 Å². The van der Waals surface area contributed by atoms with Gasteiger partial charge in [-0.1, -0.05) is 46.5 Å². The van der Waals surface area contributed by atoms with Gasteiger partial charge in [-0.15, -0.1) is 0 Å². The molecule has 1 aromatic rings. The first-order chi connectivity index (χ1) is 10.2. The van der Waals surface area contributed by atoms with Crippen molar-refractivity contribution >= 4 is 0 Å². The van der Waals surface area contributed by atoms with Crippen molar-refractivity contribution in [2.75, 3.05) is 13.7 Å². The van der Waals surface area contributed by atoms with Crippen LogP contribution in [0.4, 0.5) is 0 Å². The lowest BCUT2D eigenvalue weighted by Gasteiger charge is -2.16. The first kappa shape index (κ1) is 18.0. The van der Waals surface area contributed by atoms with E-state index in [1.54, 1.807) is 0 Å². The zero-order valence-electron chi connectivity index (χ0n) is 14.2. The predicted octanol–water partition coefficient (Wildman–Crippen LogP) is 4.35. The van der Waals surface area contributed by atoms with E-state index in [9.17, 15) is 0 Å². The van der Waals surface area contributed by atoms with Crippen LogP contribution < -0.4 is 10.1 Å². The van der Waals surface area contributed by atoms with Crippen LogP contribution in [0.15, 0.2) is 12.1 Å². The molecule has 0 aromatic carbocycles. The minimum Gasteiger partial charge on any atom is -0.477 e. The fraction of sp³-hybridized carbons (Fsp3) is 0.722. The van der Waals surface area contributed by atoms with Crippen LogP contribution in [-0.2, 0) is 13.0 Å². The largest absolute Gasteiger partial charge is 0.477 e. The van der Waals surface area contributed by atoms with E-state index in [4.69, 9.17) is 4.74 Å². The number of nitrogens with one attached hydrogen (secondary N) is 1. The Morgan fingerprint density at radius 1 is 1.19 bits per heavy atom. The molecule has 0 aliphatic rings. The number of rotatable bonds is 11. The normalized spacial score (nSPS) is 12.4. The second kappa shape index (κ2) is 10.6. The number of hydrogen-bond acceptors (Lipinski definition) is 3. The van der Waals surface area contributed by atoms with Crippen molar-refractivity contribution in [3.63, 3.8) is 0 Å². The van der Waals surface area contributed by atoms with Gasteiger partial charge in [0.05, 0.1) is 6.61 Å². The van der Waals surface area contributed by atoms with Gasteiger partial charge in [-0.05, 0) is 37.4 Å². The number of aryl methyl sites for hydroxylation is 1. The standard InChI is InChI=1S/C18H32N2O/c1-5-8-10-15(7-3)14-21-18-12-16(13-19-4)11-17(20-18)9-6-2/h11-12,15,19H,5-10,13-14H2,1-4H3.